The van der Waals surface area contributed by atoms with E-state index in [2.05, 4.69) is 31.0 Å². The third-order valence-corrected chi connectivity index (χ3v) is 6.11. The molecule has 3 rings (SSSR count). The number of ether oxygens (including phenoxy) is 2. The number of anilines is 2. The Balaban J connectivity index is 1.59. The van der Waals surface area contributed by atoms with Gasteiger partial charge in [0.05, 0.1) is 20.0 Å². The Morgan fingerprint density at radius 2 is 1.66 bits per heavy atom. The van der Waals surface area contributed by atoms with Crippen molar-refractivity contribution >= 4 is 56.5 Å². The summed E-state index contributed by atoms with van der Waals surface area (Å²) in [6.45, 7) is 1.81. The number of nitrogens with one attached hydrogen (secondary N) is 2. The molecule has 0 aliphatic heterocycles. The van der Waals surface area contributed by atoms with Crippen LogP contribution in [0.4, 0.5) is 10.3 Å². The van der Waals surface area contributed by atoms with Gasteiger partial charge in [0, 0.05) is 0 Å². The lowest BCUT2D eigenvalue weighted by atomic mass is 10.1. The van der Waals surface area contributed by atoms with Crippen molar-refractivity contribution in [3.05, 3.63) is 28.8 Å². The van der Waals surface area contributed by atoms with Gasteiger partial charge in [-0.3, -0.25) is 20.2 Å². The van der Waals surface area contributed by atoms with Crippen LogP contribution in [-0.4, -0.2) is 52.2 Å². The molecule has 3 aromatic rings. The summed E-state index contributed by atoms with van der Waals surface area (Å²) in [6.07, 6.45) is 0. The molecule has 2 heterocycles. The zero-order valence-corrected chi connectivity index (χ0v) is 18.0. The summed E-state index contributed by atoms with van der Waals surface area (Å²) >= 11 is 3.65. The average molecular weight is 453 g/mol. The van der Waals surface area contributed by atoms with E-state index in [9.17, 15) is 9.59 Å². The number of nitrogens with zero attached hydrogens (tertiary/aromatic N) is 4. The first-order chi connectivity index (χ1) is 14.0. The molecule has 0 saturated heterocycles. The SMILES string of the molecule is COc1cccc(OC)c1C(=O)Nc1nnc(SCC(=O)Nc2nnc(C)s2)s1. The van der Waals surface area contributed by atoms with Gasteiger partial charge >= 0.3 is 0 Å². The molecule has 0 spiro atoms. The summed E-state index contributed by atoms with van der Waals surface area (Å²) in [4.78, 5) is 24.6. The second-order valence-electron chi connectivity index (χ2n) is 5.33. The summed E-state index contributed by atoms with van der Waals surface area (Å²) in [5, 5.41) is 22.4. The molecule has 2 aromatic heterocycles. The quantitative estimate of drug-likeness (QED) is 0.391. The highest BCUT2D eigenvalue weighted by atomic mass is 32.2. The van der Waals surface area contributed by atoms with Gasteiger partial charge in [-0.25, -0.2) is 0 Å². The van der Waals surface area contributed by atoms with Crippen LogP contribution in [0.5, 0.6) is 11.5 Å². The lowest BCUT2D eigenvalue weighted by Gasteiger charge is -2.11. The van der Waals surface area contributed by atoms with Crippen LogP contribution in [-0.2, 0) is 4.79 Å². The number of carbonyl (C=O) groups excluding carboxylic acids is 2. The molecule has 0 aliphatic rings. The molecule has 10 nitrogen and oxygen atoms in total. The van der Waals surface area contributed by atoms with E-state index in [1.54, 1.807) is 25.1 Å². The highest BCUT2D eigenvalue weighted by Crippen LogP contribution is 2.31. The van der Waals surface area contributed by atoms with Gasteiger partial charge in [0.25, 0.3) is 5.91 Å². The van der Waals surface area contributed by atoms with E-state index in [1.807, 2.05) is 0 Å². The van der Waals surface area contributed by atoms with Crippen LogP contribution in [0, 0.1) is 6.92 Å². The summed E-state index contributed by atoms with van der Waals surface area (Å²) in [7, 11) is 2.94. The normalized spacial score (nSPS) is 10.4. The van der Waals surface area contributed by atoms with Crippen LogP contribution in [0.25, 0.3) is 0 Å². The first-order valence-corrected chi connectivity index (χ1v) is 10.7. The standard InChI is InChI=1S/C16H16N6O4S3/c1-8-19-20-14(28-8)17-11(23)7-27-16-22-21-15(29-16)18-13(24)12-9(25-2)5-4-6-10(12)26-3/h4-6H,7H2,1-3H3,(H,17,20,23)(H,18,21,24). The van der Waals surface area contributed by atoms with Gasteiger partial charge in [-0.2, -0.15) is 0 Å². The van der Waals surface area contributed by atoms with Crippen LogP contribution in [0.3, 0.4) is 0 Å². The summed E-state index contributed by atoms with van der Waals surface area (Å²) in [5.41, 5.74) is 0.258. The van der Waals surface area contributed by atoms with Gasteiger partial charge < -0.3 is 9.47 Å². The summed E-state index contributed by atoms with van der Waals surface area (Å²) in [5.74, 6) is 0.220. The van der Waals surface area contributed by atoms with Gasteiger partial charge in [-0.1, -0.05) is 40.5 Å². The van der Waals surface area contributed by atoms with Crippen molar-refractivity contribution in [1.29, 1.82) is 0 Å². The van der Waals surface area contributed by atoms with Crippen LogP contribution in [0.2, 0.25) is 0 Å². The van der Waals surface area contributed by atoms with Crippen molar-refractivity contribution in [2.24, 2.45) is 0 Å². The maximum Gasteiger partial charge on any atom is 0.265 e. The molecule has 2 amide bonds. The molecule has 29 heavy (non-hydrogen) atoms. The van der Waals surface area contributed by atoms with Crippen molar-refractivity contribution in [1.82, 2.24) is 20.4 Å². The van der Waals surface area contributed by atoms with E-state index in [1.165, 1.54) is 37.3 Å². The summed E-state index contributed by atoms with van der Waals surface area (Å²) < 4.78 is 11.0. The number of hydrogen-bond donors (Lipinski definition) is 2. The second-order valence-corrected chi connectivity index (χ2v) is 8.71. The Hall–Kier alpha value is -2.77. The lowest BCUT2D eigenvalue weighted by molar-refractivity contribution is -0.113. The maximum atomic E-state index is 12.6. The van der Waals surface area contributed by atoms with Crippen molar-refractivity contribution in [2.45, 2.75) is 11.3 Å². The lowest BCUT2D eigenvalue weighted by Crippen LogP contribution is -2.14. The monoisotopic (exact) mass is 452 g/mol. The number of aryl methyl sites for hydroxylation is 1. The molecule has 0 saturated carbocycles. The predicted molar refractivity (Wildman–Crippen MR) is 111 cm³/mol. The second kappa shape index (κ2) is 9.62. The van der Waals surface area contributed by atoms with Gasteiger partial charge in [0.15, 0.2) is 4.34 Å². The molecular weight excluding hydrogens is 436 g/mol. The molecule has 0 atom stereocenters. The molecule has 0 bridgehead atoms. The fourth-order valence-corrected chi connectivity index (χ4v) is 4.34. The van der Waals surface area contributed by atoms with Gasteiger partial charge in [-0.05, 0) is 19.1 Å². The maximum absolute atomic E-state index is 12.6. The number of rotatable bonds is 8. The Morgan fingerprint density at radius 1 is 1.00 bits per heavy atom. The molecule has 1 aromatic carbocycles. The average Bonchev–Trinajstić information content (AvgIpc) is 3.34. The van der Waals surface area contributed by atoms with Crippen LogP contribution in [0.15, 0.2) is 22.5 Å². The van der Waals surface area contributed by atoms with Crippen LogP contribution >= 0.6 is 34.4 Å². The largest absolute Gasteiger partial charge is 0.496 e. The molecule has 152 valence electrons. The number of aromatic nitrogens is 4. The predicted octanol–water partition coefficient (Wildman–Crippen LogP) is 2.70. The van der Waals surface area contributed by atoms with Crippen molar-refractivity contribution in [2.75, 3.05) is 30.6 Å². The highest BCUT2D eigenvalue weighted by Gasteiger charge is 2.20. The third-order valence-electron chi connectivity index (χ3n) is 3.38. The first kappa shape index (κ1) is 21.0. The molecular formula is C16H16N6O4S3. The Morgan fingerprint density at radius 3 is 2.28 bits per heavy atom. The number of benzene rings is 1. The van der Waals surface area contributed by atoms with Gasteiger partial charge in [0.1, 0.15) is 22.1 Å². The number of thioether (sulfide) groups is 1. The minimum Gasteiger partial charge on any atom is -0.496 e. The van der Waals surface area contributed by atoms with Crippen molar-refractivity contribution in [3.63, 3.8) is 0 Å². The van der Waals surface area contributed by atoms with Crippen molar-refractivity contribution in [3.8, 4) is 11.5 Å². The smallest absolute Gasteiger partial charge is 0.265 e. The van der Waals surface area contributed by atoms with E-state index in [0.29, 0.717) is 26.1 Å². The Labute approximate surface area is 178 Å². The van der Waals surface area contributed by atoms with E-state index in [-0.39, 0.29) is 17.2 Å². The van der Waals surface area contributed by atoms with Crippen LogP contribution in [0.1, 0.15) is 15.4 Å². The fraction of sp³-hybridized carbons (Fsp3) is 0.250. The van der Waals surface area contributed by atoms with E-state index in [0.717, 1.165) is 16.3 Å². The number of methoxy groups -OCH3 is 2. The Bertz CT molecular complexity index is 1000. The van der Waals surface area contributed by atoms with Crippen molar-refractivity contribution < 1.29 is 19.1 Å². The molecule has 0 unspecified atom stereocenters. The fourth-order valence-electron chi connectivity index (χ4n) is 2.18. The highest BCUT2D eigenvalue weighted by molar-refractivity contribution is 8.01. The third kappa shape index (κ3) is 5.40. The van der Waals surface area contributed by atoms with Gasteiger partial charge in [-0.15, -0.1) is 20.4 Å². The van der Waals surface area contributed by atoms with E-state index >= 15 is 0 Å². The molecule has 0 radical (unpaired) electrons. The minimum absolute atomic E-state index is 0.127. The van der Waals surface area contributed by atoms with E-state index in [4.69, 9.17) is 9.47 Å². The number of hydrogen-bond acceptors (Lipinski definition) is 11. The minimum atomic E-state index is -0.434. The molecule has 2 N–H and O–H groups in total. The zero-order valence-electron chi connectivity index (χ0n) is 15.6. The summed E-state index contributed by atoms with van der Waals surface area (Å²) in [6, 6.07) is 5.05. The Kier molecular flexibility index (Phi) is 6.95. The number of carbonyl (C=O) groups is 2. The number of amides is 2. The van der Waals surface area contributed by atoms with E-state index < -0.39 is 5.91 Å². The topological polar surface area (TPSA) is 128 Å². The zero-order chi connectivity index (χ0) is 20.8. The molecule has 0 aliphatic carbocycles. The van der Waals surface area contributed by atoms with Gasteiger partial charge in [0.2, 0.25) is 16.2 Å². The first-order valence-electron chi connectivity index (χ1n) is 8.08. The van der Waals surface area contributed by atoms with Crippen LogP contribution < -0.4 is 20.1 Å². The molecule has 0 fully saturated rings. The molecule has 13 heteroatoms.